The van der Waals surface area contributed by atoms with Crippen LogP contribution in [0.1, 0.15) is 5.56 Å². The minimum absolute atomic E-state index is 0.0753. The van der Waals surface area contributed by atoms with Gasteiger partial charge in [-0.15, -0.1) is 0 Å². The summed E-state index contributed by atoms with van der Waals surface area (Å²) in [5, 5.41) is 16.2. The molecule has 7 nitrogen and oxygen atoms in total. The molecule has 0 bridgehead atoms. The third kappa shape index (κ3) is 4.24. The molecule has 1 fully saturated rings. The summed E-state index contributed by atoms with van der Waals surface area (Å²) in [7, 11) is 0. The molecule has 2 aromatic rings. The Hall–Kier alpha value is -3.22. The Balaban J connectivity index is 1.60. The Labute approximate surface area is 152 Å². The number of carbonyl (C=O) groups is 1. The zero-order valence-corrected chi connectivity index (χ0v) is 14.4. The van der Waals surface area contributed by atoms with Crippen molar-refractivity contribution in [3.8, 4) is 5.75 Å². The van der Waals surface area contributed by atoms with Gasteiger partial charge in [-0.25, -0.2) is 4.79 Å². The molecular weight excluding hydrogens is 332 g/mol. The fraction of sp³-hybridized carbons (Fsp3) is 0.263. The molecule has 0 saturated carbocycles. The topological polar surface area (TPSA) is 103 Å². The van der Waals surface area contributed by atoms with Gasteiger partial charge in [0.2, 0.25) is 0 Å². The summed E-state index contributed by atoms with van der Waals surface area (Å²) in [6.07, 6.45) is 0. The molecule has 1 heterocycles. The molecular formula is C19H22N4O3. The van der Waals surface area contributed by atoms with E-state index < -0.39 is 5.97 Å². The molecule has 1 aliphatic heterocycles. The van der Waals surface area contributed by atoms with Gasteiger partial charge in [0.05, 0.1) is 0 Å². The number of hydrogen-bond donors (Lipinski definition) is 3. The standard InChI is InChI=1S/C19H22N4O3/c20-19(21)14-4-6-15(7-5-14)22-8-10-23(11-9-22)16-2-1-3-17(12-16)26-13-18(24)25/h1-7,12H,8-11,13H2,(H3,20,21)(H,24,25). The lowest BCUT2D eigenvalue weighted by molar-refractivity contribution is -0.139. The lowest BCUT2D eigenvalue weighted by Crippen LogP contribution is -2.46. The molecule has 2 aromatic carbocycles. The van der Waals surface area contributed by atoms with Gasteiger partial charge in [0.1, 0.15) is 11.6 Å². The van der Waals surface area contributed by atoms with Crippen LogP contribution in [0.5, 0.6) is 5.75 Å². The lowest BCUT2D eigenvalue weighted by atomic mass is 10.1. The largest absolute Gasteiger partial charge is 0.482 e. The average Bonchev–Trinajstić information content (AvgIpc) is 2.67. The average molecular weight is 354 g/mol. The van der Waals surface area contributed by atoms with E-state index in [2.05, 4.69) is 9.80 Å². The second-order valence-corrected chi connectivity index (χ2v) is 6.11. The van der Waals surface area contributed by atoms with E-state index in [0.29, 0.717) is 5.75 Å². The van der Waals surface area contributed by atoms with Crippen molar-refractivity contribution < 1.29 is 14.6 Å². The van der Waals surface area contributed by atoms with Crippen LogP contribution in [0, 0.1) is 5.41 Å². The normalized spacial score (nSPS) is 14.2. The van der Waals surface area contributed by atoms with Crippen molar-refractivity contribution in [2.45, 2.75) is 0 Å². The van der Waals surface area contributed by atoms with E-state index in [9.17, 15) is 4.79 Å². The lowest BCUT2D eigenvalue weighted by Gasteiger charge is -2.37. The molecule has 3 rings (SSSR count). The zero-order valence-electron chi connectivity index (χ0n) is 14.4. The first-order valence-corrected chi connectivity index (χ1v) is 8.42. The van der Waals surface area contributed by atoms with Crippen molar-refractivity contribution in [3.05, 3.63) is 54.1 Å². The summed E-state index contributed by atoms with van der Waals surface area (Å²) in [5.74, 6) is -0.349. The number of benzene rings is 2. The third-order valence-electron chi connectivity index (χ3n) is 4.37. The van der Waals surface area contributed by atoms with Gasteiger partial charge < -0.3 is 25.4 Å². The van der Waals surface area contributed by atoms with E-state index in [1.807, 2.05) is 42.5 Å². The summed E-state index contributed by atoms with van der Waals surface area (Å²) < 4.78 is 5.26. The first kappa shape index (κ1) is 17.6. The number of amidine groups is 1. The Morgan fingerprint density at radius 2 is 1.65 bits per heavy atom. The Morgan fingerprint density at radius 1 is 1.04 bits per heavy atom. The highest BCUT2D eigenvalue weighted by atomic mass is 16.5. The van der Waals surface area contributed by atoms with Gasteiger partial charge in [-0.3, -0.25) is 5.41 Å². The molecule has 4 N–H and O–H groups in total. The Bertz CT molecular complexity index is 784. The number of hydrogen-bond acceptors (Lipinski definition) is 5. The molecule has 1 aliphatic rings. The minimum Gasteiger partial charge on any atom is -0.482 e. The van der Waals surface area contributed by atoms with Crippen molar-refractivity contribution in [2.24, 2.45) is 5.73 Å². The number of carboxylic acids is 1. The maximum atomic E-state index is 10.6. The van der Waals surface area contributed by atoms with Crippen LogP contribution in [0.25, 0.3) is 0 Å². The predicted octanol–water partition coefficient (Wildman–Crippen LogP) is 1.76. The van der Waals surface area contributed by atoms with Crippen LogP contribution in [0.4, 0.5) is 11.4 Å². The van der Waals surface area contributed by atoms with Crippen LogP contribution in [-0.2, 0) is 4.79 Å². The predicted molar refractivity (Wildman–Crippen MR) is 101 cm³/mol. The highest BCUT2D eigenvalue weighted by molar-refractivity contribution is 5.95. The molecule has 26 heavy (non-hydrogen) atoms. The molecule has 0 spiro atoms. The number of nitrogens with two attached hydrogens (primary N) is 1. The summed E-state index contributed by atoms with van der Waals surface area (Å²) >= 11 is 0. The van der Waals surface area contributed by atoms with Gasteiger partial charge in [0.15, 0.2) is 6.61 Å². The number of ether oxygens (including phenoxy) is 1. The van der Waals surface area contributed by atoms with Crippen molar-refractivity contribution in [1.29, 1.82) is 5.41 Å². The van der Waals surface area contributed by atoms with Crippen LogP contribution in [-0.4, -0.2) is 49.7 Å². The van der Waals surface area contributed by atoms with Crippen LogP contribution >= 0.6 is 0 Å². The summed E-state index contributed by atoms with van der Waals surface area (Å²) in [5.41, 5.74) is 8.37. The van der Waals surface area contributed by atoms with Gasteiger partial charge in [0, 0.05) is 49.2 Å². The van der Waals surface area contributed by atoms with Crippen LogP contribution in [0.3, 0.4) is 0 Å². The quantitative estimate of drug-likeness (QED) is 0.540. The molecule has 0 radical (unpaired) electrons. The minimum atomic E-state index is -0.986. The molecule has 0 atom stereocenters. The molecule has 136 valence electrons. The second kappa shape index (κ2) is 7.77. The van der Waals surface area contributed by atoms with E-state index >= 15 is 0 Å². The van der Waals surface area contributed by atoms with E-state index in [1.165, 1.54) is 0 Å². The number of nitrogens with zero attached hydrogens (tertiary/aromatic N) is 2. The SMILES string of the molecule is N=C(N)c1ccc(N2CCN(c3cccc(OCC(=O)O)c3)CC2)cc1. The fourth-order valence-electron chi connectivity index (χ4n) is 2.99. The summed E-state index contributed by atoms with van der Waals surface area (Å²) in [4.78, 5) is 15.2. The molecule has 0 aromatic heterocycles. The number of rotatable bonds is 6. The Morgan fingerprint density at radius 3 is 2.23 bits per heavy atom. The number of anilines is 2. The Kier molecular flexibility index (Phi) is 5.26. The van der Waals surface area contributed by atoms with Crippen molar-refractivity contribution >= 4 is 23.2 Å². The highest BCUT2D eigenvalue weighted by Gasteiger charge is 2.18. The van der Waals surface area contributed by atoms with E-state index in [1.54, 1.807) is 6.07 Å². The van der Waals surface area contributed by atoms with E-state index in [0.717, 1.165) is 43.1 Å². The molecule has 0 unspecified atom stereocenters. The van der Waals surface area contributed by atoms with Gasteiger partial charge in [-0.2, -0.15) is 0 Å². The third-order valence-corrected chi connectivity index (χ3v) is 4.37. The van der Waals surface area contributed by atoms with Crippen LogP contribution in [0.15, 0.2) is 48.5 Å². The maximum Gasteiger partial charge on any atom is 0.341 e. The van der Waals surface area contributed by atoms with Crippen LogP contribution < -0.4 is 20.3 Å². The highest BCUT2D eigenvalue weighted by Crippen LogP contribution is 2.24. The molecule has 0 amide bonds. The van der Waals surface area contributed by atoms with Crippen molar-refractivity contribution in [2.75, 3.05) is 42.6 Å². The first-order valence-electron chi connectivity index (χ1n) is 8.42. The van der Waals surface area contributed by atoms with Gasteiger partial charge in [-0.05, 0) is 36.4 Å². The summed E-state index contributed by atoms with van der Waals surface area (Å²) in [6, 6.07) is 15.2. The van der Waals surface area contributed by atoms with Crippen LogP contribution in [0.2, 0.25) is 0 Å². The smallest absolute Gasteiger partial charge is 0.341 e. The van der Waals surface area contributed by atoms with Crippen molar-refractivity contribution in [1.82, 2.24) is 0 Å². The monoisotopic (exact) mass is 354 g/mol. The number of nitrogens with one attached hydrogen (secondary N) is 1. The molecule has 7 heteroatoms. The number of piperazine rings is 1. The molecule has 0 aliphatic carbocycles. The number of nitrogen functional groups attached to an aromatic ring is 1. The van der Waals surface area contributed by atoms with Crippen molar-refractivity contribution in [3.63, 3.8) is 0 Å². The van der Waals surface area contributed by atoms with E-state index in [-0.39, 0.29) is 12.4 Å². The first-order chi connectivity index (χ1) is 12.5. The summed E-state index contributed by atoms with van der Waals surface area (Å²) in [6.45, 7) is 3.13. The zero-order chi connectivity index (χ0) is 18.5. The molecule has 1 saturated heterocycles. The number of aliphatic carboxylic acids is 1. The van der Waals surface area contributed by atoms with Gasteiger partial charge >= 0.3 is 5.97 Å². The van der Waals surface area contributed by atoms with E-state index in [4.69, 9.17) is 21.0 Å². The number of carboxylic acid groups (broad SMARTS) is 1. The fourth-order valence-corrected chi connectivity index (χ4v) is 2.99. The van der Waals surface area contributed by atoms with Gasteiger partial charge in [0.25, 0.3) is 0 Å². The second-order valence-electron chi connectivity index (χ2n) is 6.11. The van der Waals surface area contributed by atoms with Gasteiger partial charge in [-0.1, -0.05) is 6.07 Å². The maximum absolute atomic E-state index is 10.6.